The highest BCUT2D eigenvalue weighted by Crippen LogP contribution is 2.20. The smallest absolute Gasteiger partial charge is 0.213 e. The molecule has 2 nitrogen and oxygen atoms in total. The molecule has 14 heavy (non-hydrogen) atoms. The molecule has 0 fully saturated rings. The van der Waals surface area contributed by atoms with Crippen LogP contribution in [-0.2, 0) is 4.79 Å². The highest BCUT2D eigenvalue weighted by Gasteiger charge is 2.08. The number of hydrogen-bond donors (Lipinski definition) is 0. The Hall–Kier alpha value is -1.22. The van der Waals surface area contributed by atoms with E-state index < -0.39 is 0 Å². The maximum Gasteiger partial charge on any atom is 0.213 e. The molecule has 0 aliphatic carbocycles. The summed E-state index contributed by atoms with van der Waals surface area (Å²) < 4.78 is 0. The van der Waals surface area contributed by atoms with Gasteiger partial charge >= 0.3 is 0 Å². The standard InChI is InChI=1S/C11H13NOS/c1-3-11(14)9-6-4-5-7-10(9)12(2)8-13/h4-8H,3H2,1-2H3. The first kappa shape index (κ1) is 10.9. The van der Waals surface area contributed by atoms with Crippen LogP contribution < -0.4 is 4.90 Å². The Labute approximate surface area is 89.5 Å². The zero-order chi connectivity index (χ0) is 10.6. The lowest BCUT2D eigenvalue weighted by molar-refractivity contribution is -0.107. The molecule has 1 rings (SSSR count). The monoisotopic (exact) mass is 207 g/mol. The van der Waals surface area contributed by atoms with Crippen molar-refractivity contribution < 1.29 is 4.79 Å². The van der Waals surface area contributed by atoms with Gasteiger partial charge in [-0.15, -0.1) is 0 Å². The molecule has 1 aromatic carbocycles. The van der Waals surface area contributed by atoms with Crippen LogP contribution in [0.3, 0.4) is 0 Å². The minimum absolute atomic E-state index is 0.789. The van der Waals surface area contributed by atoms with Crippen LogP contribution in [-0.4, -0.2) is 18.3 Å². The quantitative estimate of drug-likeness (QED) is 0.429. The fourth-order valence-electron chi connectivity index (χ4n) is 1.26. The van der Waals surface area contributed by atoms with Gasteiger partial charge in [-0.25, -0.2) is 0 Å². The van der Waals surface area contributed by atoms with Gasteiger partial charge in [0.05, 0.1) is 5.69 Å². The Morgan fingerprint density at radius 2 is 2.14 bits per heavy atom. The number of carbonyl (C=O) groups excluding carboxylic acids is 1. The van der Waals surface area contributed by atoms with Gasteiger partial charge in [-0.1, -0.05) is 37.3 Å². The van der Waals surface area contributed by atoms with E-state index in [1.807, 2.05) is 31.2 Å². The van der Waals surface area contributed by atoms with Gasteiger partial charge in [0.2, 0.25) is 6.41 Å². The number of benzene rings is 1. The average molecular weight is 207 g/mol. The summed E-state index contributed by atoms with van der Waals surface area (Å²) in [5.41, 5.74) is 1.84. The topological polar surface area (TPSA) is 20.3 Å². The van der Waals surface area contributed by atoms with Crippen molar-refractivity contribution in [3.05, 3.63) is 29.8 Å². The average Bonchev–Trinajstić information content (AvgIpc) is 2.27. The Kier molecular flexibility index (Phi) is 3.77. The zero-order valence-electron chi connectivity index (χ0n) is 8.36. The van der Waals surface area contributed by atoms with Crippen LogP contribution in [0.25, 0.3) is 0 Å². The molecule has 0 aliphatic rings. The van der Waals surface area contributed by atoms with E-state index in [9.17, 15) is 4.79 Å². The summed E-state index contributed by atoms with van der Waals surface area (Å²) in [6, 6.07) is 7.67. The second-order valence-corrected chi connectivity index (χ2v) is 3.50. The van der Waals surface area contributed by atoms with Crippen LogP contribution in [0.2, 0.25) is 0 Å². The fraction of sp³-hybridized carbons (Fsp3) is 0.273. The number of thiocarbonyl (C=S) groups is 1. The van der Waals surface area contributed by atoms with Crippen LogP contribution in [0.15, 0.2) is 24.3 Å². The SMILES string of the molecule is CCC(=S)c1ccccc1N(C)C=O. The zero-order valence-corrected chi connectivity index (χ0v) is 9.17. The molecule has 0 radical (unpaired) electrons. The second kappa shape index (κ2) is 4.86. The predicted octanol–water partition coefficient (Wildman–Crippen LogP) is 2.41. The van der Waals surface area contributed by atoms with E-state index in [-0.39, 0.29) is 0 Å². The first-order valence-corrected chi connectivity index (χ1v) is 4.92. The molecule has 0 saturated heterocycles. The third-order valence-corrected chi connectivity index (χ3v) is 2.57. The summed E-state index contributed by atoms with van der Waals surface area (Å²) in [5.74, 6) is 0. The van der Waals surface area contributed by atoms with Gasteiger partial charge in [-0.05, 0) is 12.5 Å². The van der Waals surface area contributed by atoms with Crippen molar-refractivity contribution in [3.63, 3.8) is 0 Å². The molecule has 1 aromatic rings. The molecule has 0 atom stereocenters. The molecule has 0 aliphatic heterocycles. The van der Waals surface area contributed by atoms with E-state index in [0.717, 1.165) is 28.9 Å². The first-order chi connectivity index (χ1) is 6.70. The van der Waals surface area contributed by atoms with Crippen molar-refractivity contribution in [1.29, 1.82) is 0 Å². The predicted molar refractivity (Wildman–Crippen MR) is 62.9 cm³/mol. The van der Waals surface area contributed by atoms with Gasteiger partial charge in [0.15, 0.2) is 0 Å². The maximum atomic E-state index is 10.7. The lowest BCUT2D eigenvalue weighted by Crippen LogP contribution is -2.16. The number of hydrogen-bond acceptors (Lipinski definition) is 2. The number of anilines is 1. The molecule has 0 spiro atoms. The van der Waals surface area contributed by atoms with Gasteiger partial charge in [0.25, 0.3) is 0 Å². The molecule has 0 aromatic heterocycles. The lowest BCUT2D eigenvalue weighted by atomic mass is 10.1. The van der Waals surface area contributed by atoms with Crippen LogP contribution >= 0.6 is 12.2 Å². The van der Waals surface area contributed by atoms with E-state index in [0.29, 0.717) is 0 Å². The molecule has 74 valence electrons. The van der Waals surface area contributed by atoms with Crippen molar-refractivity contribution in [2.24, 2.45) is 0 Å². The van der Waals surface area contributed by atoms with E-state index in [1.165, 1.54) is 4.90 Å². The van der Waals surface area contributed by atoms with E-state index in [4.69, 9.17) is 12.2 Å². The number of nitrogens with zero attached hydrogens (tertiary/aromatic N) is 1. The Morgan fingerprint density at radius 1 is 1.50 bits per heavy atom. The molecular weight excluding hydrogens is 194 g/mol. The molecule has 1 amide bonds. The Bertz CT molecular complexity index is 349. The summed E-state index contributed by atoms with van der Waals surface area (Å²) in [6.07, 6.45) is 1.61. The van der Waals surface area contributed by atoms with E-state index in [1.54, 1.807) is 7.05 Å². The highest BCUT2D eigenvalue weighted by atomic mass is 32.1. The van der Waals surface area contributed by atoms with Gasteiger partial charge in [-0.3, -0.25) is 4.79 Å². The van der Waals surface area contributed by atoms with Gasteiger partial charge < -0.3 is 4.90 Å². The third kappa shape index (κ3) is 2.17. The second-order valence-electron chi connectivity index (χ2n) is 3.01. The normalized spacial score (nSPS) is 9.57. The van der Waals surface area contributed by atoms with Gasteiger partial charge in [0, 0.05) is 17.5 Å². The van der Waals surface area contributed by atoms with Crippen LogP contribution in [0.4, 0.5) is 5.69 Å². The number of carbonyl (C=O) groups is 1. The van der Waals surface area contributed by atoms with Gasteiger partial charge in [-0.2, -0.15) is 0 Å². The molecule has 0 unspecified atom stereocenters. The van der Waals surface area contributed by atoms with Crippen molar-refractivity contribution in [3.8, 4) is 0 Å². The van der Waals surface area contributed by atoms with Crippen LogP contribution in [0, 0.1) is 0 Å². The third-order valence-electron chi connectivity index (χ3n) is 2.06. The number of para-hydroxylation sites is 1. The van der Waals surface area contributed by atoms with Crippen molar-refractivity contribution in [2.75, 3.05) is 11.9 Å². The first-order valence-electron chi connectivity index (χ1n) is 4.51. The lowest BCUT2D eigenvalue weighted by Gasteiger charge is -2.15. The minimum Gasteiger partial charge on any atom is -0.317 e. The molecule has 0 N–H and O–H groups in total. The summed E-state index contributed by atoms with van der Waals surface area (Å²) in [4.78, 5) is 13.1. The molecule has 0 heterocycles. The molecular formula is C11H13NOS. The molecule has 0 saturated carbocycles. The summed E-state index contributed by atoms with van der Waals surface area (Å²) in [7, 11) is 1.73. The van der Waals surface area contributed by atoms with Crippen LogP contribution in [0.5, 0.6) is 0 Å². The van der Waals surface area contributed by atoms with E-state index in [2.05, 4.69) is 0 Å². The Morgan fingerprint density at radius 3 is 2.71 bits per heavy atom. The van der Waals surface area contributed by atoms with Crippen LogP contribution in [0.1, 0.15) is 18.9 Å². The largest absolute Gasteiger partial charge is 0.317 e. The Balaban J connectivity index is 3.15. The molecule has 0 bridgehead atoms. The summed E-state index contributed by atoms with van der Waals surface area (Å²) in [6.45, 7) is 2.01. The highest BCUT2D eigenvalue weighted by molar-refractivity contribution is 7.80. The van der Waals surface area contributed by atoms with Crippen molar-refractivity contribution in [2.45, 2.75) is 13.3 Å². The van der Waals surface area contributed by atoms with E-state index >= 15 is 0 Å². The van der Waals surface area contributed by atoms with Gasteiger partial charge in [0.1, 0.15) is 0 Å². The van der Waals surface area contributed by atoms with Crippen molar-refractivity contribution >= 4 is 29.2 Å². The maximum absolute atomic E-state index is 10.7. The molecule has 3 heteroatoms. The van der Waals surface area contributed by atoms with Crippen molar-refractivity contribution in [1.82, 2.24) is 0 Å². The number of rotatable bonds is 4. The summed E-state index contributed by atoms with van der Waals surface area (Å²) in [5, 5.41) is 0. The number of amides is 1. The fourth-order valence-corrected chi connectivity index (χ4v) is 1.44. The minimum atomic E-state index is 0.789. The summed E-state index contributed by atoms with van der Waals surface area (Å²) >= 11 is 5.23.